The van der Waals surface area contributed by atoms with Gasteiger partial charge in [-0.15, -0.1) is 24.0 Å². The van der Waals surface area contributed by atoms with E-state index in [4.69, 9.17) is 0 Å². The summed E-state index contributed by atoms with van der Waals surface area (Å²) in [6, 6.07) is 0.460. The Morgan fingerprint density at radius 2 is 1.64 bits per heavy atom. The lowest BCUT2D eigenvalue weighted by atomic mass is 10.2. The predicted molar refractivity (Wildman–Crippen MR) is 134 cm³/mol. The van der Waals surface area contributed by atoms with Gasteiger partial charge >= 0.3 is 0 Å². The van der Waals surface area contributed by atoms with Crippen molar-refractivity contribution in [2.75, 3.05) is 72.5 Å². The van der Waals surface area contributed by atoms with Crippen LogP contribution in [0.4, 0.5) is 0 Å². The summed E-state index contributed by atoms with van der Waals surface area (Å²) in [5.41, 5.74) is 0. The maximum Gasteiger partial charge on any atom is 0.191 e. The van der Waals surface area contributed by atoms with E-state index in [1.165, 1.54) is 71.5 Å². The zero-order chi connectivity index (χ0) is 19.9. The first-order chi connectivity index (χ1) is 13.1. The Hall–Kier alpha value is -0.120. The van der Waals surface area contributed by atoms with Crippen LogP contribution in [0.25, 0.3) is 0 Å². The molecule has 0 spiro atoms. The van der Waals surface area contributed by atoms with E-state index in [0.29, 0.717) is 6.04 Å². The maximum atomic E-state index is 4.38. The third kappa shape index (κ3) is 12.4. The number of halogens is 1. The van der Waals surface area contributed by atoms with Crippen LogP contribution < -0.4 is 10.6 Å². The van der Waals surface area contributed by atoms with Gasteiger partial charge in [-0.05, 0) is 65.3 Å². The molecule has 1 heterocycles. The summed E-state index contributed by atoms with van der Waals surface area (Å²) >= 11 is 0. The Balaban J connectivity index is 0.00000729. The summed E-state index contributed by atoms with van der Waals surface area (Å²) in [6.07, 6.45) is 4.87. The van der Waals surface area contributed by atoms with Crippen LogP contribution in [0.5, 0.6) is 0 Å². The van der Waals surface area contributed by atoms with Gasteiger partial charge in [-0.3, -0.25) is 4.99 Å². The van der Waals surface area contributed by atoms with Crippen molar-refractivity contribution < 1.29 is 0 Å². The van der Waals surface area contributed by atoms with E-state index in [-0.39, 0.29) is 24.0 Å². The number of guanidine groups is 1. The van der Waals surface area contributed by atoms with Gasteiger partial charge in [0.05, 0.1) is 0 Å². The molecule has 0 aromatic heterocycles. The SMILES string of the molecule is CCN(CC)CCCC(C)NC(=NC)NCCCCN1CCN(CC)CC1.I. The lowest BCUT2D eigenvalue weighted by Gasteiger charge is -2.34. The van der Waals surface area contributed by atoms with Crippen molar-refractivity contribution in [3.05, 3.63) is 0 Å². The third-order valence-corrected chi connectivity index (χ3v) is 5.72. The Morgan fingerprint density at radius 1 is 1.00 bits per heavy atom. The fourth-order valence-electron chi connectivity index (χ4n) is 3.66. The highest BCUT2D eigenvalue weighted by atomic mass is 127. The maximum absolute atomic E-state index is 4.38. The van der Waals surface area contributed by atoms with Crippen molar-refractivity contribution in [1.29, 1.82) is 0 Å². The summed E-state index contributed by atoms with van der Waals surface area (Å²) < 4.78 is 0. The number of piperazine rings is 1. The quantitative estimate of drug-likeness (QED) is 0.173. The molecule has 1 atom stereocenters. The number of nitrogens with one attached hydrogen (secondary N) is 2. The van der Waals surface area contributed by atoms with Crippen LogP contribution in [0.1, 0.15) is 53.4 Å². The summed E-state index contributed by atoms with van der Waals surface area (Å²) in [7, 11) is 1.87. The number of aliphatic imine (C=N–C) groups is 1. The number of likely N-dealkylation sites (N-methyl/N-ethyl adjacent to an activating group) is 1. The summed E-state index contributed by atoms with van der Waals surface area (Å²) in [6.45, 7) is 20.8. The molecule has 0 radical (unpaired) electrons. The molecule has 0 bridgehead atoms. The largest absolute Gasteiger partial charge is 0.356 e. The van der Waals surface area contributed by atoms with E-state index < -0.39 is 0 Å². The number of unbranched alkanes of at least 4 members (excludes halogenated alkanes) is 1. The predicted octanol–water partition coefficient (Wildman–Crippen LogP) is 2.70. The van der Waals surface area contributed by atoms with Gasteiger partial charge < -0.3 is 25.3 Å². The lowest BCUT2D eigenvalue weighted by molar-refractivity contribution is 0.136. The first-order valence-corrected chi connectivity index (χ1v) is 11.3. The van der Waals surface area contributed by atoms with Gasteiger partial charge in [0, 0.05) is 45.8 Å². The molecule has 168 valence electrons. The molecule has 0 saturated carbocycles. The van der Waals surface area contributed by atoms with Crippen LogP contribution in [-0.4, -0.2) is 99.2 Å². The van der Waals surface area contributed by atoms with Gasteiger partial charge in [0.25, 0.3) is 0 Å². The first-order valence-electron chi connectivity index (χ1n) is 11.3. The smallest absolute Gasteiger partial charge is 0.191 e. The highest BCUT2D eigenvalue weighted by molar-refractivity contribution is 14.0. The fraction of sp³-hybridized carbons (Fsp3) is 0.952. The summed E-state index contributed by atoms with van der Waals surface area (Å²) in [4.78, 5) is 12.0. The van der Waals surface area contributed by atoms with Gasteiger partial charge in [0.15, 0.2) is 5.96 Å². The molecule has 6 nitrogen and oxygen atoms in total. The van der Waals surface area contributed by atoms with Crippen LogP contribution in [0.2, 0.25) is 0 Å². The molecule has 28 heavy (non-hydrogen) atoms. The molecule has 1 aliphatic rings. The molecule has 1 unspecified atom stereocenters. The molecule has 0 aliphatic carbocycles. The highest BCUT2D eigenvalue weighted by Gasteiger charge is 2.14. The molecule has 2 N–H and O–H groups in total. The number of hydrogen-bond donors (Lipinski definition) is 2. The minimum absolute atomic E-state index is 0. The summed E-state index contributed by atoms with van der Waals surface area (Å²) in [5, 5.41) is 7.01. The van der Waals surface area contributed by atoms with Crippen molar-refractivity contribution in [1.82, 2.24) is 25.3 Å². The second kappa shape index (κ2) is 17.7. The van der Waals surface area contributed by atoms with Crippen LogP contribution in [0.3, 0.4) is 0 Å². The molecule has 1 aliphatic heterocycles. The standard InChI is InChI=1S/C21H46N6.HI/c1-6-25(7-2)15-11-12-20(4)24-21(22-5)23-13-9-10-14-27-18-16-26(8-3)17-19-27;/h20H,6-19H2,1-5H3,(H2,22,23,24);1H. The van der Waals surface area contributed by atoms with Crippen molar-refractivity contribution >= 4 is 29.9 Å². The Kier molecular flexibility index (Phi) is 17.6. The van der Waals surface area contributed by atoms with Crippen molar-refractivity contribution in [2.45, 2.75) is 59.4 Å². The fourth-order valence-corrected chi connectivity index (χ4v) is 3.66. The van der Waals surface area contributed by atoms with E-state index in [1.807, 2.05) is 7.05 Å². The van der Waals surface area contributed by atoms with Crippen LogP contribution in [-0.2, 0) is 0 Å². The molecular weight excluding hydrogens is 463 g/mol. The lowest BCUT2D eigenvalue weighted by Crippen LogP contribution is -2.46. The van der Waals surface area contributed by atoms with Gasteiger partial charge in [0.2, 0.25) is 0 Å². The van der Waals surface area contributed by atoms with E-state index in [1.54, 1.807) is 0 Å². The van der Waals surface area contributed by atoms with Crippen molar-refractivity contribution in [3.63, 3.8) is 0 Å². The zero-order valence-electron chi connectivity index (χ0n) is 19.2. The molecule has 1 fully saturated rings. The monoisotopic (exact) mass is 510 g/mol. The van der Waals surface area contributed by atoms with Gasteiger partial charge in [-0.2, -0.15) is 0 Å². The molecule has 1 rings (SSSR count). The minimum atomic E-state index is 0. The third-order valence-electron chi connectivity index (χ3n) is 5.72. The molecule has 1 saturated heterocycles. The van der Waals surface area contributed by atoms with Gasteiger partial charge in [-0.1, -0.05) is 20.8 Å². The van der Waals surface area contributed by atoms with E-state index in [9.17, 15) is 0 Å². The van der Waals surface area contributed by atoms with E-state index >= 15 is 0 Å². The normalized spacial score (nSPS) is 17.4. The van der Waals surface area contributed by atoms with Crippen LogP contribution in [0, 0.1) is 0 Å². The van der Waals surface area contributed by atoms with E-state index in [0.717, 1.165) is 25.6 Å². The van der Waals surface area contributed by atoms with Crippen molar-refractivity contribution in [3.8, 4) is 0 Å². The van der Waals surface area contributed by atoms with Crippen LogP contribution >= 0.6 is 24.0 Å². The molecule has 7 heteroatoms. The zero-order valence-corrected chi connectivity index (χ0v) is 21.5. The second-order valence-electron chi connectivity index (χ2n) is 7.70. The molecule has 0 aromatic rings. The molecule has 0 amide bonds. The average Bonchev–Trinajstić information content (AvgIpc) is 2.70. The Bertz CT molecular complexity index is 381. The number of hydrogen-bond acceptors (Lipinski definition) is 4. The molecule has 0 aromatic carbocycles. The summed E-state index contributed by atoms with van der Waals surface area (Å²) in [5.74, 6) is 0.946. The second-order valence-corrected chi connectivity index (χ2v) is 7.70. The Labute approximate surface area is 191 Å². The van der Waals surface area contributed by atoms with Gasteiger partial charge in [0.1, 0.15) is 0 Å². The average molecular weight is 511 g/mol. The van der Waals surface area contributed by atoms with E-state index in [2.05, 4.69) is 58.0 Å². The highest BCUT2D eigenvalue weighted by Crippen LogP contribution is 2.03. The minimum Gasteiger partial charge on any atom is -0.356 e. The first kappa shape index (κ1) is 27.9. The topological polar surface area (TPSA) is 46.1 Å². The molecular formula is C21H47IN6. The van der Waals surface area contributed by atoms with Crippen molar-refractivity contribution in [2.24, 2.45) is 4.99 Å². The van der Waals surface area contributed by atoms with Crippen LogP contribution in [0.15, 0.2) is 4.99 Å². The number of rotatable bonds is 13. The Morgan fingerprint density at radius 3 is 2.21 bits per heavy atom. The number of nitrogens with zero attached hydrogens (tertiary/aromatic N) is 4. The van der Waals surface area contributed by atoms with Gasteiger partial charge in [-0.25, -0.2) is 0 Å².